The minimum atomic E-state index is -0.208. The maximum Gasteiger partial charge on any atom is 0.409 e. The van der Waals surface area contributed by atoms with Crippen LogP contribution < -0.4 is 0 Å². The zero-order chi connectivity index (χ0) is 17.9. The molecule has 0 N–H and O–H groups in total. The molecule has 1 unspecified atom stereocenters. The fourth-order valence-electron chi connectivity index (χ4n) is 3.75. The van der Waals surface area contributed by atoms with E-state index < -0.39 is 0 Å². The lowest BCUT2D eigenvalue weighted by Crippen LogP contribution is -2.46. The molecule has 1 atom stereocenters. The molecule has 1 aromatic rings. The largest absolute Gasteiger partial charge is 0.450 e. The zero-order valence-corrected chi connectivity index (χ0v) is 16.7. The van der Waals surface area contributed by atoms with Gasteiger partial charge in [-0.2, -0.15) is 0 Å². The molecule has 1 aliphatic carbocycles. The van der Waals surface area contributed by atoms with Crippen molar-refractivity contribution in [3.8, 4) is 0 Å². The molecule has 3 nitrogen and oxygen atoms in total. The highest BCUT2D eigenvalue weighted by atomic mass is 79.9. The van der Waals surface area contributed by atoms with Crippen molar-refractivity contribution in [3.63, 3.8) is 0 Å². The number of piperidine rings is 1. The highest BCUT2D eigenvalue weighted by molar-refractivity contribution is 9.09. The average Bonchev–Trinajstić information content (AvgIpc) is 2.63. The molecule has 0 spiro atoms. The predicted molar refractivity (Wildman–Crippen MR) is 106 cm³/mol. The number of hydrogen-bond acceptors (Lipinski definition) is 2. The van der Waals surface area contributed by atoms with Gasteiger partial charge in [-0.1, -0.05) is 57.9 Å². The molecule has 1 aliphatic heterocycles. The van der Waals surface area contributed by atoms with Gasteiger partial charge in [0, 0.05) is 28.4 Å². The number of alkyl halides is 1. The molecule has 0 bridgehead atoms. The number of carbonyl (C=O) groups excluding carboxylic acids is 1. The number of nitrogens with zero attached hydrogens (tertiary/aromatic N) is 1. The van der Waals surface area contributed by atoms with Crippen LogP contribution in [0.1, 0.15) is 31.7 Å². The topological polar surface area (TPSA) is 29.5 Å². The molecule has 0 radical (unpaired) electrons. The maximum absolute atomic E-state index is 12.1. The summed E-state index contributed by atoms with van der Waals surface area (Å²) in [5.41, 5.74) is 2.54. The van der Waals surface area contributed by atoms with Crippen LogP contribution in [0.3, 0.4) is 0 Å². The molecule has 1 amide bonds. The average molecular weight is 425 g/mol. The van der Waals surface area contributed by atoms with Crippen LogP contribution in [0, 0.1) is 0 Å². The van der Waals surface area contributed by atoms with Crippen molar-refractivity contribution in [3.05, 3.63) is 58.7 Å². The van der Waals surface area contributed by atoms with E-state index in [1.165, 1.54) is 11.1 Å². The summed E-state index contributed by atoms with van der Waals surface area (Å²) in [5, 5.41) is 0.747. The normalized spacial score (nSPS) is 22.4. The number of hydrogen-bond donors (Lipinski definition) is 0. The molecule has 0 saturated carbocycles. The van der Waals surface area contributed by atoms with E-state index in [9.17, 15) is 4.79 Å². The Morgan fingerprint density at radius 1 is 1.32 bits per heavy atom. The molecule has 5 heteroatoms. The van der Waals surface area contributed by atoms with Crippen LogP contribution in [0.25, 0.3) is 0 Å². The Hall–Kier alpha value is -1.26. The van der Waals surface area contributed by atoms with Gasteiger partial charge in [-0.3, -0.25) is 0 Å². The number of carbonyl (C=O) groups is 1. The Morgan fingerprint density at radius 3 is 2.56 bits per heavy atom. The Kier molecular flexibility index (Phi) is 5.90. The van der Waals surface area contributed by atoms with E-state index >= 15 is 0 Å². The molecule has 0 aromatic heterocycles. The van der Waals surface area contributed by atoms with Crippen molar-refractivity contribution in [1.29, 1.82) is 0 Å². The van der Waals surface area contributed by atoms with Crippen LogP contribution in [0.2, 0.25) is 5.02 Å². The lowest BCUT2D eigenvalue weighted by molar-refractivity contribution is 0.0906. The number of rotatable bonds is 3. The summed E-state index contributed by atoms with van der Waals surface area (Å²) in [4.78, 5) is 14.3. The van der Waals surface area contributed by atoms with E-state index in [0.29, 0.717) is 24.5 Å². The third-order valence-corrected chi connectivity index (χ3v) is 6.07. The van der Waals surface area contributed by atoms with E-state index in [4.69, 9.17) is 16.3 Å². The molecule has 1 fully saturated rings. The van der Waals surface area contributed by atoms with Crippen molar-refractivity contribution in [1.82, 2.24) is 4.90 Å². The highest BCUT2D eigenvalue weighted by Gasteiger charge is 2.40. The number of halogens is 2. The molecule has 134 valence electrons. The quantitative estimate of drug-likeness (QED) is 0.601. The van der Waals surface area contributed by atoms with Gasteiger partial charge in [-0.05, 0) is 49.5 Å². The first-order valence-corrected chi connectivity index (χ1v) is 10.0. The molecular weight excluding hydrogens is 402 g/mol. The van der Waals surface area contributed by atoms with Crippen molar-refractivity contribution >= 4 is 33.6 Å². The lowest BCUT2D eigenvalue weighted by atomic mass is 9.66. The lowest BCUT2D eigenvalue weighted by Gasteiger charge is -2.43. The minimum absolute atomic E-state index is 0.0722. The summed E-state index contributed by atoms with van der Waals surface area (Å²) in [5.74, 6) is 0. The summed E-state index contributed by atoms with van der Waals surface area (Å²) in [6.45, 7) is 3.65. The smallest absolute Gasteiger partial charge is 0.409 e. The highest BCUT2D eigenvalue weighted by Crippen LogP contribution is 2.44. The van der Waals surface area contributed by atoms with Crippen molar-refractivity contribution in [2.24, 2.45) is 0 Å². The minimum Gasteiger partial charge on any atom is -0.450 e. The van der Waals surface area contributed by atoms with Gasteiger partial charge in [0.1, 0.15) is 0 Å². The van der Waals surface area contributed by atoms with Gasteiger partial charge >= 0.3 is 6.09 Å². The summed E-state index contributed by atoms with van der Waals surface area (Å²) in [6, 6.07) is 8.15. The Labute approximate surface area is 162 Å². The molecule has 1 heterocycles. The van der Waals surface area contributed by atoms with E-state index in [1.54, 1.807) is 0 Å². The molecular formula is C20H23BrClNO2. The van der Waals surface area contributed by atoms with Gasteiger partial charge in [0.05, 0.1) is 6.61 Å². The molecule has 3 rings (SSSR count). The SMILES string of the molecule is CCOC(=O)N1CCC(C2=CCC(Br)C=C2)(c2ccc(Cl)cc2)CC1. The van der Waals surface area contributed by atoms with Crippen LogP contribution in [0.5, 0.6) is 0 Å². The number of benzene rings is 1. The van der Waals surface area contributed by atoms with Gasteiger partial charge in [0.15, 0.2) is 0 Å². The summed E-state index contributed by atoms with van der Waals surface area (Å²) < 4.78 is 5.17. The first kappa shape index (κ1) is 18.5. The number of likely N-dealkylation sites (tertiary alicyclic amines) is 1. The summed E-state index contributed by atoms with van der Waals surface area (Å²) >= 11 is 9.75. The fraction of sp³-hybridized carbons (Fsp3) is 0.450. The van der Waals surface area contributed by atoms with Crippen LogP contribution in [-0.2, 0) is 10.2 Å². The van der Waals surface area contributed by atoms with Crippen LogP contribution in [-0.4, -0.2) is 35.5 Å². The van der Waals surface area contributed by atoms with Crippen molar-refractivity contribution < 1.29 is 9.53 Å². The standard InChI is InChI=1S/C20H23BrClNO2/c1-2-25-19(24)23-13-11-20(12-14-23,15-3-7-17(21)8-4-15)16-5-9-18(22)10-6-16/h3-7,9-10,17H,2,8,11-14H2,1H3. The molecule has 1 saturated heterocycles. The van der Waals surface area contributed by atoms with Gasteiger partial charge in [0.2, 0.25) is 0 Å². The second kappa shape index (κ2) is 7.96. The number of allylic oxidation sites excluding steroid dienone is 4. The van der Waals surface area contributed by atoms with Gasteiger partial charge in [0.25, 0.3) is 0 Å². The predicted octanol–water partition coefficient (Wildman–Crippen LogP) is 5.48. The van der Waals surface area contributed by atoms with Crippen molar-refractivity contribution in [2.75, 3.05) is 19.7 Å². The Bertz CT molecular complexity index is 675. The Morgan fingerprint density at radius 2 is 2.00 bits per heavy atom. The maximum atomic E-state index is 12.1. The van der Waals surface area contributed by atoms with Gasteiger partial charge in [-0.15, -0.1) is 0 Å². The number of ether oxygens (including phenoxy) is 1. The molecule has 1 aromatic carbocycles. The first-order chi connectivity index (χ1) is 12.0. The second-order valence-electron chi connectivity index (χ2n) is 6.55. The van der Waals surface area contributed by atoms with Crippen LogP contribution >= 0.6 is 27.5 Å². The fourth-order valence-corrected chi connectivity index (χ4v) is 4.21. The summed E-state index contributed by atoms with van der Waals surface area (Å²) in [6.07, 6.45) is 9.33. The van der Waals surface area contributed by atoms with Gasteiger partial charge < -0.3 is 9.64 Å². The third-order valence-electron chi connectivity index (χ3n) is 5.14. The first-order valence-electron chi connectivity index (χ1n) is 8.76. The van der Waals surface area contributed by atoms with Crippen LogP contribution in [0.15, 0.2) is 48.1 Å². The zero-order valence-electron chi connectivity index (χ0n) is 14.4. The van der Waals surface area contributed by atoms with Crippen LogP contribution in [0.4, 0.5) is 4.79 Å². The number of amides is 1. The van der Waals surface area contributed by atoms with E-state index in [-0.39, 0.29) is 11.5 Å². The van der Waals surface area contributed by atoms with Gasteiger partial charge in [-0.25, -0.2) is 4.79 Å². The van der Waals surface area contributed by atoms with E-state index in [2.05, 4.69) is 46.3 Å². The molecule has 25 heavy (non-hydrogen) atoms. The summed E-state index contributed by atoms with van der Waals surface area (Å²) in [7, 11) is 0. The Balaban J connectivity index is 1.88. The second-order valence-corrected chi connectivity index (χ2v) is 8.16. The molecule has 2 aliphatic rings. The third kappa shape index (κ3) is 3.95. The van der Waals surface area contributed by atoms with E-state index in [1.807, 2.05) is 24.0 Å². The van der Waals surface area contributed by atoms with Crippen molar-refractivity contribution in [2.45, 2.75) is 36.4 Å². The monoisotopic (exact) mass is 423 g/mol. The van der Waals surface area contributed by atoms with E-state index in [0.717, 1.165) is 24.3 Å².